The van der Waals surface area contributed by atoms with Crippen LogP contribution in [0.5, 0.6) is 0 Å². The molecule has 0 saturated heterocycles. The van der Waals surface area contributed by atoms with Crippen molar-refractivity contribution in [3.8, 4) is 6.07 Å². The Hall–Kier alpha value is -2.59. The minimum atomic E-state index is -1.15. The van der Waals surface area contributed by atoms with E-state index in [4.69, 9.17) is 16.1 Å². The molecule has 0 aliphatic rings. The van der Waals surface area contributed by atoms with Gasteiger partial charge in [0.15, 0.2) is 0 Å². The predicted molar refractivity (Wildman–Crippen MR) is 77.7 cm³/mol. The maximum atomic E-state index is 11.2. The molecule has 0 saturated carbocycles. The van der Waals surface area contributed by atoms with E-state index in [2.05, 4.69) is 26.2 Å². The van der Waals surface area contributed by atoms with Crippen molar-refractivity contribution in [1.82, 2.24) is 4.98 Å². The lowest BCUT2D eigenvalue weighted by Crippen LogP contribution is -2.06. The van der Waals surface area contributed by atoms with Gasteiger partial charge in [-0.2, -0.15) is 5.26 Å². The van der Waals surface area contributed by atoms with Gasteiger partial charge in [-0.25, -0.2) is 9.78 Å². The molecule has 0 unspecified atom stereocenters. The van der Waals surface area contributed by atoms with Gasteiger partial charge in [-0.1, -0.05) is 15.9 Å². The fraction of sp³-hybridized carbons (Fsp3) is 0. The van der Waals surface area contributed by atoms with E-state index < -0.39 is 5.97 Å². The van der Waals surface area contributed by atoms with Crippen LogP contribution in [0.4, 0.5) is 17.2 Å². The molecule has 100 valence electrons. The summed E-state index contributed by atoms with van der Waals surface area (Å²) in [5.74, 6) is -1.03. The topological polar surface area (TPSA) is 112 Å². The molecule has 2 rings (SSSR count). The molecule has 1 aromatic heterocycles. The van der Waals surface area contributed by atoms with Crippen LogP contribution in [0.25, 0.3) is 0 Å². The summed E-state index contributed by atoms with van der Waals surface area (Å²) in [4.78, 5) is 15.1. The zero-order chi connectivity index (χ0) is 14.7. The number of anilines is 3. The minimum Gasteiger partial charge on any atom is -0.478 e. The highest BCUT2D eigenvalue weighted by atomic mass is 79.9. The largest absolute Gasteiger partial charge is 0.478 e. The van der Waals surface area contributed by atoms with Crippen LogP contribution < -0.4 is 11.1 Å². The average Bonchev–Trinajstić information content (AvgIpc) is 2.41. The summed E-state index contributed by atoms with van der Waals surface area (Å²) in [5.41, 5.74) is 6.55. The first-order valence-electron chi connectivity index (χ1n) is 5.46. The normalized spacial score (nSPS) is 9.80. The lowest BCUT2D eigenvalue weighted by molar-refractivity contribution is 0.0697. The van der Waals surface area contributed by atoms with Crippen molar-refractivity contribution in [2.24, 2.45) is 0 Å². The number of benzene rings is 1. The van der Waals surface area contributed by atoms with Gasteiger partial charge in [0.2, 0.25) is 0 Å². The maximum Gasteiger partial charge on any atom is 0.339 e. The minimum absolute atomic E-state index is 0.0612. The fourth-order valence-electron chi connectivity index (χ4n) is 1.59. The highest BCUT2D eigenvalue weighted by Crippen LogP contribution is 2.26. The number of nitriles is 1. The van der Waals surface area contributed by atoms with Gasteiger partial charge in [0.25, 0.3) is 0 Å². The number of pyridine rings is 1. The number of halogens is 1. The molecule has 1 heterocycles. The molecule has 0 radical (unpaired) electrons. The van der Waals surface area contributed by atoms with E-state index >= 15 is 0 Å². The van der Waals surface area contributed by atoms with Gasteiger partial charge in [-0.15, -0.1) is 0 Å². The van der Waals surface area contributed by atoms with Crippen molar-refractivity contribution in [3.05, 3.63) is 46.1 Å². The van der Waals surface area contributed by atoms with Gasteiger partial charge >= 0.3 is 5.97 Å². The van der Waals surface area contributed by atoms with Crippen molar-refractivity contribution in [3.63, 3.8) is 0 Å². The zero-order valence-corrected chi connectivity index (χ0v) is 11.7. The maximum absolute atomic E-state index is 11.2. The Morgan fingerprint density at radius 1 is 1.45 bits per heavy atom. The molecule has 0 atom stereocenters. The van der Waals surface area contributed by atoms with E-state index in [0.717, 1.165) is 4.47 Å². The summed E-state index contributed by atoms with van der Waals surface area (Å²) in [7, 11) is 0. The van der Waals surface area contributed by atoms with Crippen LogP contribution in [0.1, 0.15) is 15.9 Å². The quantitative estimate of drug-likeness (QED) is 0.796. The number of hydrogen-bond donors (Lipinski definition) is 3. The first-order chi connectivity index (χ1) is 9.51. The summed E-state index contributed by atoms with van der Waals surface area (Å²) in [6.07, 6.45) is 1.35. The molecule has 6 nitrogen and oxygen atoms in total. The smallest absolute Gasteiger partial charge is 0.339 e. The second-order valence-corrected chi connectivity index (χ2v) is 4.81. The third kappa shape index (κ3) is 2.87. The number of carboxylic acid groups (broad SMARTS) is 1. The van der Waals surface area contributed by atoms with Gasteiger partial charge in [-0.3, -0.25) is 0 Å². The van der Waals surface area contributed by atoms with Crippen LogP contribution >= 0.6 is 15.9 Å². The Morgan fingerprint density at radius 3 is 2.85 bits per heavy atom. The van der Waals surface area contributed by atoms with E-state index in [-0.39, 0.29) is 17.1 Å². The fourth-order valence-corrected chi connectivity index (χ4v) is 1.95. The summed E-state index contributed by atoms with van der Waals surface area (Å²) < 4.78 is 0.756. The second kappa shape index (κ2) is 5.59. The van der Waals surface area contributed by atoms with E-state index in [0.29, 0.717) is 11.3 Å². The van der Waals surface area contributed by atoms with Crippen molar-refractivity contribution in [1.29, 1.82) is 5.26 Å². The van der Waals surface area contributed by atoms with Crippen LogP contribution in [0.2, 0.25) is 0 Å². The number of aromatic carboxylic acids is 1. The second-order valence-electron chi connectivity index (χ2n) is 3.90. The average molecular weight is 333 g/mol. The first-order valence-corrected chi connectivity index (χ1v) is 6.26. The number of nitrogens with zero attached hydrogens (tertiary/aromatic N) is 2. The van der Waals surface area contributed by atoms with E-state index in [1.165, 1.54) is 12.3 Å². The van der Waals surface area contributed by atoms with Crippen LogP contribution in [0.15, 0.2) is 34.9 Å². The molecule has 0 fully saturated rings. The Morgan fingerprint density at radius 2 is 2.20 bits per heavy atom. The van der Waals surface area contributed by atoms with Gasteiger partial charge < -0.3 is 16.2 Å². The third-order valence-corrected chi connectivity index (χ3v) is 2.99. The Labute approximate surface area is 123 Å². The van der Waals surface area contributed by atoms with Crippen LogP contribution in [-0.2, 0) is 0 Å². The molecule has 1 aromatic carbocycles. The molecular weight excluding hydrogens is 324 g/mol. The number of carboxylic acids is 1. The highest BCUT2D eigenvalue weighted by molar-refractivity contribution is 9.10. The number of nitrogen functional groups attached to an aromatic ring is 1. The number of rotatable bonds is 3. The molecule has 0 aliphatic carbocycles. The Balaban J connectivity index is 2.48. The molecule has 0 aliphatic heterocycles. The molecule has 7 heteroatoms. The SMILES string of the molecule is N#Cc1ccc(Br)cc1Nc1ncc(N)cc1C(=O)O. The van der Waals surface area contributed by atoms with Gasteiger partial charge in [0.05, 0.1) is 23.1 Å². The number of carbonyl (C=O) groups is 1. The molecule has 4 N–H and O–H groups in total. The Kier molecular flexibility index (Phi) is 3.86. The monoisotopic (exact) mass is 332 g/mol. The lowest BCUT2D eigenvalue weighted by Gasteiger charge is -2.10. The lowest BCUT2D eigenvalue weighted by atomic mass is 10.2. The summed E-state index contributed by atoms with van der Waals surface area (Å²) >= 11 is 3.29. The van der Waals surface area contributed by atoms with Crippen LogP contribution in [0, 0.1) is 11.3 Å². The van der Waals surface area contributed by atoms with Crippen molar-refractivity contribution < 1.29 is 9.90 Å². The third-order valence-electron chi connectivity index (χ3n) is 2.49. The highest BCUT2D eigenvalue weighted by Gasteiger charge is 2.13. The van der Waals surface area contributed by atoms with E-state index in [1.54, 1.807) is 18.2 Å². The van der Waals surface area contributed by atoms with Crippen LogP contribution in [0.3, 0.4) is 0 Å². The first kappa shape index (κ1) is 13.8. The predicted octanol–water partition coefficient (Wildman–Crippen LogP) is 2.74. The zero-order valence-electron chi connectivity index (χ0n) is 10.1. The van der Waals surface area contributed by atoms with E-state index in [1.807, 2.05) is 6.07 Å². The number of aromatic nitrogens is 1. The molecule has 2 aromatic rings. The molecule has 0 spiro atoms. The van der Waals surface area contributed by atoms with Crippen molar-refractivity contribution in [2.45, 2.75) is 0 Å². The summed E-state index contributed by atoms with van der Waals surface area (Å²) in [6, 6.07) is 8.33. The Bertz CT molecular complexity index is 725. The van der Waals surface area contributed by atoms with Crippen molar-refractivity contribution >= 4 is 39.1 Å². The van der Waals surface area contributed by atoms with Crippen LogP contribution in [-0.4, -0.2) is 16.1 Å². The number of nitrogens with one attached hydrogen (secondary N) is 1. The molecule has 0 amide bonds. The van der Waals surface area contributed by atoms with Gasteiger partial charge in [0, 0.05) is 4.47 Å². The molecule has 20 heavy (non-hydrogen) atoms. The molecular formula is C13H9BrN4O2. The number of hydrogen-bond acceptors (Lipinski definition) is 5. The van der Waals surface area contributed by atoms with Gasteiger partial charge in [0.1, 0.15) is 17.5 Å². The van der Waals surface area contributed by atoms with E-state index in [9.17, 15) is 4.79 Å². The van der Waals surface area contributed by atoms with Crippen molar-refractivity contribution in [2.75, 3.05) is 11.1 Å². The summed E-state index contributed by atoms with van der Waals surface area (Å²) in [6.45, 7) is 0. The van der Waals surface area contributed by atoms with Gasteiger partial charge in [-0.05, 0) is 24.3 Å². The number of nitrogens with two attached hydrogens (primary N) is 1. The standard InChI is InChI=1S/C13H9BrN4O2/c14-8-2-1-7(5-15)11(3-8)18-12-10(13(19)20)4-9(16)6-17-12/h1-4,6H,16H2,(H,17,18)(H,19,20). The summed E-state index contributed by atoms with van der Waals surface area (Å²) in [5, 5.41) is 21.0. The molecule has 0 bridgehead atoms.